The summed E-state index contributed by atoms with van der Waals surface area (Å²) in [4.78, 5) is 4.58. The molecule has 0 saturated carbocycles. The highest BCUT2D eigenvalue weighted by molar-refractivity contribution is 5.00. The fourth-order valence-electron chi connectivity index (χ4n) is 2.43. The second-order valence-corrected chi connectivity index (χ2v) is 6.16. The molecule has 4 heteroatoms. The molecule has 0 aliphatic rings. The van der Waals surface area contributed by atoms with Crippen LogP contribution in [-0.2, 0) is 6.42 Å². The maximum Gasteiger partial charge on any atom is 0.231 e. The largest absolute Gasteiger partial charge is 0.339 e. The van der Waals surface area contributed by atoms with Gasteiger partial charge >= 0.3 is 0 Å². The summed E-state index contributed by atoms with van der Waals surface area (Å²) in [5, 5.41) is 7.64. The molecule has 0 aliphatic carbocycles. The van der Waals surface area contributed by atoms with Gasteiger partial charge < -0.3 is 9.84 Å². The van der Waals surface area contributed by atoms with E-state index in [1.807, 2.05) is 0 Å². The van der Waals surface area contributed by atoms with Crippen LogP contribution in [-0.4, -0.2) is 22.7 Å². The second kappa shape index (κ2) is 7.63. The van der Waals surface area contributed by atoms with Crippen LogP contribution in [0.25, 0.3) is 0 Å². The highest BCUT2D eigenvalue weighted by atomic mass is 16.5. The Bertz CT molecular complexity index is 360. The lowest BCUT2D eigenvalue weighted by atomic mass is 9.89. The molecular weight excluding hydrogens is 238 g/mol. The predicted molar refractivity (Wildman–Crippen MR) is 78.2 cm³/mol. The van der Waals surface area contributed by atoms with Crippen molar-refractivity contribution in [2.45, 2.75) is 66.3 Å². The van der Waals surface area contributed by atoms with Crippen LogP contribution in [0.15, 0.2) is 4.52 Å². The zero-order chi connectivity index (χ0) is 14.4. The summed E-state index contributed by atoms with van der Waals surface area (Å²) in [6.07, 6.45) is 2.02. The molecule has 0 aromatic carbocycles. The first-order valence-corrected chi connectivity index (χ1v) is 7.51. The molecule has 110 valence electrons. The summed E-state index contributed by atoms with van der Waals surface area (Å²) in [5.41, 5.74) is 0. The van der Waals surface area contributed by atoms with Crippen LogP contribution in [0.2, 0.25) is 0 Å². The van der Waals surface area contributed by atoms with Crippen LogP contribution in [0.1, 0.15) is 65.6 Å². The molecule has 1 heterocycles. The van der Waals surface area contributed by atoms with Crippen LogP contribution in [0.3, 0.4) is 0 Å². The summed E-state index contributed by atoms with van der Waals surface area (Å²) < 4.78 is 5.49. The van der Waals surface area contributed by atoms with Gasteiger partial charge in [0.05, 0.1) is 5.92 Å². The van der Waals surface area contributed by atoms with Crippen LogP contribution in [0, 0.1) is 11.8 Å². The van der Waals surface area contributed by atoms with Gasteiger partial charge in [0, 0.05) is 12.5 Å². The molecule has 4 nitrogen and oxygen atoms in total. The lowest BCUT2D eigenvalue weighted by Gasteiger charge is -2.25. The van der Waals surface area contributed by atoms with Crippen molar-refractivity contribution < 1.29 is 4.52 Å². The molecule has 19 heavy (non-hydrogen) atoms. The number of rotatable bonds is 8. The van der Waals surface area contributed by atoms with E-state index in [9.17, 15) is 0 Å². The Kier molecular flexibility index (Phi) is 6.49. The molecule has 0 aliphatic heterocycles. The lowest BCUT2D eigenvalue weighted by molar-refractivity contribution is 0.278. The van der Waals surface area contributed by atoms with E-state index in [-0.39, 0.29) is 5.92 Å². The smallest absolute Gasteiger partial charge is 0.231 e. The monoisotopic (exact) mass is 267 g/mol. The minimum atomic E-state index is 0.278. The van der Waals surface area contributed by atoms with E-state index in [1.165, 1.54) is 0 Å². The molecule has 1 N–H and O–H groups in total. The van der Waals surface area contributed by atoms with Gasteiger partial charge in [0.25, 0.3) is 0 Å². The van der Waals surface area contributed by atoms with E-state index in [0.717, 1.165) is 31.1 Å². The lowest BCUT2D eigenvalue weighted by Crippen LogP contribution is -2.35. The standard InChI is InChI=1S/C15H29N3O/c1-7-8-16-12(6)14(11(4)5)15-17-13(18-19-15)9-10(2)3/h10-12,14,16H,7-9H2,1-6H3. The maximum atomic E-state index is 5.49. The van der Waals surface area contributed by atoms with Gasteiger partial charge in [0.1, 0.15) is 0 Å². The molecular formula is C15H29N3O. The zero-order valence-electron chi connectivity index (χ0n) is 13.2. The predicted octanol–water partition coefficient (Wildman–Crippen LogP) is 3.40. The van der Waals surface area contributed by atoms with Gasteiger partial charge in [-0.1, -0.05) is 39.8 Å². The minimum Gasteiger partial charge on any atom is -0.339 e. The Hall–Kier alpha value is -0.900. The fraction of sp³-hybridized carbons (Fsp3) is 0.867. The number of nitrogens with zero attached hydrogens (tertiary/aromatic N) is 2. The molecule has 0 amide bonds. The van der Waals surface area contributed by atoms with Crippen LogP contribution in [0.4, 0.5) is 0 Å². The highest BCUT2D eigenvalue weighted by Gasteiger charge is 2.28. The van der Waals surface area contributed by atoms with E-state index in [4.69, 9.17) is 4.52 Å². The van der Waals surface area contributed by atoms with Crippen molar-refractivity contribution in [1.82, 2.24) is 15.5 Å². The fourth-order valence-corrected chi connectivity index (χ4v) is 2.43. The third-order valence-electron chi connectivity index (χ3n) is 3.33. The normalized spacial score (nSPS) is 15.2. The van der Waals surface area contributed by atoms with Crippen LogP contribution >= 0.6 is 0 Å². The van der Waals surface area contributed by atoms with Crippen LogP contribution < -0.4 is 5.32 Å². The molecule has 0 saturated heterocycles. The van der Waals surface area contributed by atoms with Gasteiger partial charge in [-0.15, -0.1) is 0 Å². The number of nitrogens with one attached hydrogen (secondary N) is 1. The molecule has 0 radical (unpaired) electrons. The van der Waals surface area contributed by atoms with Crippen molar-refractivity contribution in [2.24, 2.45) is 11.8 Å². The molecule has 0 bridgehead atoms. The number of hydrogen-bond donors (Lipinski definition) is 1. The van der Waals surface area contributed by atoms with Gasteiger partial charge in [0.2, 0.25) is 5.89 Å². The summed E-state index contributed by atoms with van der Waals surface area (Å²) in [5.74, 6) is 2.92. The Labute approximate surface area is 117 Å². The first-order chi connectivity index (χ1) is 8.95. The van der Waals surface area contributed by atoms with Crippen molar-refractivity contribution in [3.05, 3.63) is 11.7 Å². The minimum absolute atomic E-state index is 0.278. The first-order valence-electron chi connectivity index (χ1n) is 7.51. The van der Waals surface area contributed by atoms with Gasteiger partial charge in [-0.2, -0.15) is 4.98 Å². The summed E-state index contributed by atoms with van der Waals surface area (Å²) in [6.45, 7) is 14.2. The van der Waals surface area contributed by atoms with Crippen LogP contribution in [0.5, 0.6) is 0 Å². The Balaban J connectivity index is 2.78. The summed E-state index contributed by atoms with van der Waals surface area (Å²) in [6, 6.07) is 0.354. The average Bonchev–Trinajstić information content (AvgIpc) is 2.73. The Morgan fingerprint density at radius 2 is 1.84 bits per heavy atom. The number of aromatic nitrogens is 2. The first kappa shape index (κ1) is 16.2. The van der Waals surface area contributed by atoms with E-state index in [1.54, 1.807) is 0 Å². The highest BCUT2D eigenvalue weighted by Crippen LogP contribution is 2.27. The van der Waals surface area contributed by atoms with Gasteiger partial charge in [0.15, 0.2) is 5.82 Å². The molecule has 0 spiro atoms. The third kappa shape index (κ3) is 4.94. The average molecular weight is 267 g/mol. The van der Waals surface area contributed by atoms with E-state index < -0.39 is 0 Å². The van der Waals surface area contributed by atoms with Gasteiger partial charge in [-0.05, 0) is 31.7 Å². The van der Waals surface area contributed by atoms with Gasteiger partial charge in [-0.3, -0.25) is 0 Å². The van der Waals surface area contributed by atoms with E-state index >= 15 is 0 Å². The SMILES string of the molecule is CCCNC(C)C(c1nc(CC(C)C)no1)C(C)C. The summed E-state index contributed by atoms with van der Waals surface area (Å²) in [7, 11) is 0. The topological polar surface area (TPSA) is 51.0 Å². The molecule has 1 aromatic heterocycles. The van der Waals surface area contributed by atoms with Crippen molar-refractivity contribution in [1.29, 1.82) is 0 Å². The quantitative estimate of drug-likeness (QED) is 0.784. The van der Waals surface area contributed by atoms with E-state index in [2.05, 4.69) is 57.0 Å². The Morgan fingerprint density at radius 3 is 2.37 bits per heavy atom. The zero-order valence-corrected chi connectivity index (χ0v) is 13.2. The number of hydrogen-bond acceptors (Lipinski definition) is 4. The third-order valence-corrected chi connectivity index (χ3v) is 3.33. The molecule has 1 aromatic rings. The molecule has 1 rings (SSSR count). The van der Waals surface area contributed by atoms with Crippen molar-refractivity contribution in [3.63, 3.8) is 0 Å². The van der Waals surface area contributed by atoms with Crippen molar-refractivity contribution in [2.75, 3.05) is 6.54 Å². The molecule has 2 unspecified atom stereocenters. The molecule has 0 fully saturated rings. The van der Waals surface area contributed by atoms with Crippen molar-refractivity contribution in [3.8, 4) is 0 Å². The van der Waals surface area contributed by atoms with Gasteiger partial charge in [-0.25, -0.2) is 0 Å². The molecule has 2 atom stereocenters. The summed E-state index contributed by atoms with van der Waals surface area (Å²) >= 11 is 0. The maximum absolute atomic E-state index is 5.49. The Morgan fingerprint density at radius 1 is 1.16 bits per heavy atom. The second-order valence-electron chi connectivity index (χ2n) is 6.16. The van der Waals surface area contributed by atoms with E-state index in [0.29, 0.717) is 17.9 Å². The van der Waals surface area contributed by atoms with Crippen molar-refractivity contribution >= 4 is 0 Å².